The van der Waals surface area contributed by atoms with Gasteiger partial charge in [0.05, 0.1) is 10.9 Å². The van der Waals surface area contributed by atoms with Crippen LogP contribution in [-0.2, 0) is 11.3 Å². The van der Waals surface area contributed by atoms with Crippen molar-refractivity contribution in [3.05, 3.63) is 93.5 Å². The Balaban J connectivity index is 1.39. The van der Waals surface area contributed by atoms with Crippen molar-refractivity contribution in [3.63, 3.8) is 0 Å². The van der Waals surface area contributed by atoms with Gasteiger partial charge in [0.25, 0.3) is 17.4 Å². The monoisotopic (exact) mass is 474 g/mol. The van der Waals surface area contributed by atoms with E-state index in [1.54, 1.807) is 12.1 Å². The Morgan fingerprint density at radius 3 is 2.50 bits per heavy atom. The molecular weight excluding hydrogens is 452 g/mol. The number of fused-ring (bicyclic) bond motifs is 1. The Labute approximate surface area is 200 Å². The second kappa shape index (κ2) is 10.1. The second-order valence-corrected chi connectivity index (χ2v) is 7.78. The van der Waals surface area contributed by atoms with Crippen LogP contribution in [0.2, 0.25) is 0 Å². The number of carbonyl (C=O) groups is 2. The van der Waals surface area contributed by atoms with Gasteiger partial charge in [-0.1, -0.05) is 48.5 Å². The third-order valence-corrected chi connectivity index (χ3v) is 5.53. The Morgan fingerprint density at radius 1 is 1.00 bits per heavy atom. The SMILES string of the molecule is CCn1c(=S)[nH]c2cc(C(=O)NNC(=O)COc3ccccc3-c3ccccc3)ccc2c1=O. The van der Waals surface area contributed by atoms with Crippen LogP contribution < -0.4 is 21.1 Å². The molecule has 0 unspecified atom stereocenters. The van der Waals surface area contributed by atoms with Gasteiger partial charge in [0.2, 0.25) is 0 Å². The van der Waals surface area contributed by atoms with E-state index in [1.165, 1.54) is 16.7 Å². The number of nitrogens with zero attached hydrogens (tertiary/aromatic N) is 1. The molecule has 0 atom stereocenters. The number of aromatic amines is 1. The van der Waals surface area contributed by atoms with Crippen LogP contribution in [0.4, 0.5) is 0 Å². The fourth-order valence-corrected chi connectivity index (χ4v) is 3.83. The largest absolute Gasteiger partial charge is 0.483 e. The Hall–Kier alpha value is -4.24. The van der Waals surface area contributed by atoms with Crippen molar-refractivity contribution >= 4 is 34.9 Å². The molecular formula is C25H22N4O4S. The summed E-state index contributed by atoms with van der Waals surface area (Å²) < 4.78 is 7.39. The Bertz CT molecular complexity index is 1480. The first-order valence-corrected chi connectivity index (χ1v) is 11.0. The van der Waals surface area contributed by atoms with E-state index in [0.29, 0.717) is 23.2 Å². The number of rotatable bonds is 6. The minimum Gasteiger partial charge on any atom is -0.483 e. The number of ether oxygens (including phenoxy) is 1. The van der Waals surface area contributed by atoms with Crippen LogP contribution in [0.1, 0.15) is 17.3 Å². The highest BCUT2D eigenvalue weighted by atomic mass is 32.1. The zero-order valence-corrected chi connectivity index (χ0v) is 19.1. The molecule has 0 bridgehead atoms. The van der Waals surface area contributed by atoms with Gasteiger partial charge in [0.1, 0.15) is 5.75 Å². The van der Waals surface area contributed by atoms with Crippen molar-refractivity contribution in [2.75, 3.05) is 6.61 Å². The smallest absolute Gasteiger partial charge is 0.276 e. The third-order valence-electron chi connectivity index (χ3n) is 5.21. The van der Waals surface area contributed by atoms with Gasteiger partial charge in [-0.3, -0.25) is 29.8 Å². The van der Waals surface area contributed by atoms with Gasteiger partial charge in [-0.25, -0.2) is 0 Å². The van der Waals surface area contributed by atoms with Crippen molar-refractivity contribution in [2.24, 2.45) is 0 Å². The van der Waals surface area contributed by atoms with Crippen molar-refractivity contribution in [1.82, 2.24) is 20.4 Å². The minimum atomic E-state index is -0.543. The van der Waals surface area contributed by atoms with Crippen LogP contribution in [0.5, 0.6) is 5.75 Å². The van der Waals surface area contributed by atoms with Crippen molar-refractivity contribution in [3.8, 4) is 16.9 Å². The number of benzene rings is 3. The molecule has 0 spiro atoms. The Morgan fingerprint density at radius 2 is 1.74 bits per heavy atom. The summed E-state index contributed by atoms with van der Waals surface area (Å²) in [6, 6.07) is 21.7. The lowest BCUT2D eigenvalue weighted by atomic mass is 10.1. The summed E-state index contributed by atoms with van der Waals surface area (Å²) in [4.78, 5) is 40.2. The van der Waals surface area contributed by atoms with Crippen LogP contribution in [-0.4, -0.2) is 28.0 Å². The van der Waals surface area contributed by atoms with Crippen molar-refractivity contribution < 1.29 is 14.3 Å². The van der Waals surface area contributed by atoms with E-state index in [9.17, 15) is 14.4 Å². The van der Waals surface area contributed by atoms with Crippen LogP contribution in [0.3, 0.4) is 0 Å². The lowest BCUT2D eigenvalue weighted by Gasteiger charge is -2.12. The molecule has 0 saturated heterocycles. The number of amides is 2. The molecule has 3 N–H and O–H groups in total. The van der Waals surface area contributed by atoms with Gasteiger partial charge in [-0.15, -0.1) is 0 Å². The first-order chi connectivity index (χ1) is 16.5. The van der Waals surface area contributed by atoms with E-state index in [0.717, 1.165) is 11.1 Å². The average Bonchev–Trinajstić information content (AvgIpc) is 2.86. The third kappa shape index (κ3) is 4.89. The first kappa shape index (κ1) is 22.9. The van der Waals surface area contributed by atoms with Crippen LogP contribution in [0, 0.1) is 4.77 Å². The molecule has 9 heteroatoms. The molecule has 3 aromatic carbocycles. The average molecular weight is 475 g/mol. The van der Waals surface area contributed by atoms with E-state index >= 15 is 0 Å². The summed E-state index contributed by atoms with van der Waals surface area (Å²) in [5, 5.41) is 0.418. The fourth-order valence-electron chi connectivity index (χ4n) is 3.51. The second-order valence-electron chi connectivity index (χ2n) is 7.39. The maximum absolute atomic E-state index is 12.5. The lowest BCUT2D eigenvalue weighted by Crippen LogP contribution is -2.43. The molecule has 0 radical (unpaired) electrons. The molecule has 0 aliphatic carbocycles. The molecule has 0 saturated carbocycles. The summed E-state index contributed by atoms with van der Waals surface area (Å²) in [6.07, 6.45) is 0. The minimum absolute atomic E-state index is 0.227. The highest BCUT2D eigenvalue weighted by Crippen LogP contribution is 2.29. The fraction of sp³-hybridized carbons (Fsp3) is 0.120. The number of hydrogen-bond donors (Lipinski definition) is 3. The van der Waals surface area contributed by atoms with Gasteiger partial charge < -0.3 is 9.72 Å². The number of para-hydroxylation sites is 1. The molecule has 0 aliphatic rings. The zero-order valence-electron chi connectivity index (χ0n) is 18.3. The molecule has 4 aromatic rings. The summed E-state index contributed by atoms with van der Waals surface area (Å²) in [5.74, 6) is -0.515. The number of hydrogen-bond acceptors (Lipinski definition) is 5. The standard InChI is InChI=1S/C25H22N4O4S/c1-2-29-24(32)19-13-12-17(14-20(19)26-25(29)34)23(31)28-27-22(30)15-33-21-11-7-6-10-18(21)16-8-4-3-5-9-16/h3-14H,2,15H2,1H3,(H,26,34)(H,27,30)(H,28,31). The van der Waals surface area contributed by atoms with Gasteiger partial charge in [0, 0.05) is 17.7 Å². The summed E-state index contributed by atoms with van der Waals surface area (Å²) in [6.45, 7) is 1.98. The number of aromatic nitrogens is 2. The molecule has 1 heterocycles. The number of hydrazine groups is 1. The van der Waals surface area contributed by atoms with Crippen LogP contribution in [0.15, 0.2) is 77.6 Å². The number of carbonyl (C=O) groups excluding carboxylic acids is 2. The first-order valence-electron chi connectivity index (χ1n) is 10.6. The van der Waals surface area contributed by atoms with E-state index < -0.39 is 11.8 Å². The van der Waals surface area contributed by atoms with Gasteiger partial charge in [-0.2, -0.15) is 0 Å². The normalized spacial score (nSPS) is 10.6. The predicted molar refractivity (Wildman–Crippen MR) is 132 cm³/mol. The van der Waals surface area contributed by atoms with Gasteiger partial charge in [-0.05, 0) is 49.0 Å². The highest BCUT2D eigenvalue weighted by molar-refractivity contribution is 7.71. The molecule has 0 fully saturated rings. The highest BCUT2D eigenvalue weighted by Gasteiger charge is 2.12. The van der Waals surface area contributed by atoms with E-state index in [4.69, 9.17) is 17.0 Å². The summed E-state index contributed by atoms with van der Waals surface area (Å²) >= 11 is 5.21. The topological polar surface area (TPSA) is 105 Å². The lowest BCUT2D eigenvalue weighted by molar-refractivity contribution is -0.123. The van der Waals surface area contributed by atoms with Gasteiger partial charge in [0.15, 0.2) is 11.4 Å². The van der Waals surface area contributed by atoms with E-state index in [-0.39, 0.29) is 22.5 Å². The van der Waals surface area contributed by atoms with E-state index in [1.807, 2.05) is 55.5 Å². The van der Waals surface area contributed by atoms with Crippen LogP contribution in [0.25, 0.3) is 22.0 Å². The maximum atomic E-state index is 12.5. The molecule has 1 aromatic heterocycles. The van der Waals surface area contributed by atoms with Crippen molar-refractivity contribution in [2.45, 2.75) is 13.5 Å². The molecule has 4 rings (SSSR count). The molecule has 34 heavy (non-hydrogen) atoms. The quantitative estimate of drug-likeness (QED) is 0.293. The number of H-pyrrole nitrogens is 1. The van der Waals surface area contributed by atoms with Crippen LogP contribution >= 0.6 is 12.2 Å². The number of nitrogens with one attached hydrogen (secondary N) is 3. The zero-order chi connectivity index (χ0) is 24.1. The predicted octanol–water partition coefficient (Wildman–Crippen LogP) is 3.59. The summed E-state index contributed by atoms with van der Waals surface area (Å²) in [5.41, 5.74) is 6.99. The summed E-state index contributed by atoms with van der Waals surface area (Å²) in [7, 11) is 0. The van der Waals surface area contributed by atoms with Gasteiger partial charge >= 0.3 is 0 Å². The maximum Gasteiger partial charge on any atom is 0.276 e. The Kier molecular flexibility index (Phi) is 6.84. The molecule has 172 valence electrons. The van der Waals surface area contributed by atoms with Crippen molar-refractivity contribution in [1.29, 1.82) is 0 Å². The van der Waals surface area contributed by atoms with E-state index in [2.05, 4.69) is 15.8 Å². The molecule has 0 aliphatic heterocycles. The molecule has 2 amide bonds. The molecule has 8 nitrogen and oxygen atoms in total.